The first-order chi connectivity index (χ1) is 18.1. The molecule has 3 heterocycles. The van der Waals surface area contributed by atoms with Crippen LogP contribution in [0.2, 0.25) is 0 Å². The zero-order valence-corrected chi connectivity index (χ0v) is 21.3. The molecule has 1 aliphatic heterocycles. The SMILES string of the molecule is CCOC(=O)C1=C(c2ccccc2)N=c2s/c(=C/c3ccco3)c(=O)n2C1c1cccc(OC)c1OC. The fourth-order valence-corrected chi connectivity index (χ4v) is 5.35. The van der Waals surface area contributed by atoms with Crippen molar-refractivity contribution in [3.05, 3.63) is 109 Å². The van der Waals surface area contributed by atoms with E-state index in [4.69, 9.17) is 23.6 Å². The number of nitrogens with zero attached hydrogens (tertiary/aromatic N) is 2. The summed E-state index contributed by atoms with van der Waals surface area (Å²) in [5, 5.41) is 0. The van der Waals surface area contributed by atoms with Crippen molar-refractivity contribution in [3.8, 4) is 11.5 Å². The minimum absolute atomic E-state index is 0.162. The lowest BCUT2D eigenvalue weighted by Gasteiger charge is -2.27. The molecule has 0 radical (unpaired) electrons. The van der Waals surface area contributed by atoms with Gasteiger partial charge in [-0.25, -0.2) is 9.79 Å². The molecule has 0 saturated heterocycles. The number of para-hydroxylation sites is 1. The molecular formula is C28H24N2O6S. The molecule has 9 heteroatoms. The van der Waals surface area contributed by atoms with Crippen molar-refractivity contribution in [2.45, 2.75) is 13.0 Å². The van der Waals surface area contributed by atoms with Gasteiger partial charge in [-0.2, -0.15) is 0 Å². The van der Waals surface area contributed by atoms with E-state index < -0.39 is 12.0 Å². The normalized spacial score (nSPS) is 15.2. The van der Waals surface area contributed by atoms with Gasteiger partial charge in [0.25, 0.3) is 5.56 Å². The number of thiazole rings is 1. The van der Waals surface area contributed by atoms with Crippen molar-refractivity contribution < 1.29 is 23.4 Å². The predicted octanol–water partition coefficient (Wildman–Crippen LogP) is 3.55. The van der Waals surface area contributed by atoms with E-state index in [9.17, 15) is 9.59 Å². The van der Waals surface area contributed by atoms with Crippen LogP contribution in [0.1, 0.15) is 29.9 Å². The number of furan rings is 1. The predicted molar refractivity (Wildman–Crippen MR) is 139 cm³/mol. The van der Waals surface area contributed by atoms with E-state index in [2.05, 4.69) is 0 Å². The van der Waals surface area contributed by atoms with Crippen molar-refractivity contribution in [2.24, 2.45) is 4.99 Å². The van der Waals surface area contributed by atoms with Gasteiger partial charge in [0, 0.05) is 17.2 Å². The van der Waals surface area contributed by atoms with Gasteiger partial charge in [0.05, 0.1) is 42.9 Å². The number of benzene rings is 2. The monoisotopic (exact) mass is 516 g/mol. The molecule has 1 aliphatic rings. The molecule has 0 saturated carbocycles. The van der Waals surface area contributed by atoms with E-state index in [0.717, 1.165) is 5.56 Å². The first-order valence-electron chi connectivity index (χ1n) is 11.6. The Labute approximate surface area is 216 Å². The molecule has 0 bridgehead atoms. The van der Waals surface area contributed by atoms with Crippen molar-refractivity contribution in [1.82, 2.24) is 4.57 Å². The quantitative estimate of drug-likeness (QED) is 0.349. The van der Waals surface area contributed by atoms with Gasteiger partial charge in [0.1, 0.15) is 11.8 Å². The van der Waals surface area contributed by atoms with E-state index in [1.807, 2.05) is 36.4 Å². The van der Waals surface area contributed by atoms with E-state index in [0.29, 0.717) is 37.9 Å². The molecule has 2 aromatic carbocycles. The first-order valence-corrected chi connectivity index (χ1v) is 12.4. The summed E-state index contributed by atoms with van der Waals surface area (Å²) in [4.78, 5) is 32.7. The van der Waals surface area contributed by atoms with Crippen LogP contribution in [-0.4, -0.2) is 31.4 Å². The summed E-state index contributed by atoms with van der Waals surface area (Å²) >= 11 is 1.22. The Balaban J connectivity index is 1.89. The van der Waals surface area contributed by atoms with Gasteiger partial charge in [-0.15, -0.1) is 0 Å². The minimum atomic E-state index is -0.880. The lowest BCUT2D eigenvalue weighted by Crippen LogP contribution is -2.40. The first kappa shape index (κ1) is 24.3. The molecule has 0 aliphatic carbocycles. The Hall–Kier alpha value is -4.37. The summed E-state index contributed by atoms with van der Waals surface area (Å²) in [6, 6.07) is 17.4. The highest BCUT2D eigenvalue weighted by Gasteiger charge is 2.37. The molecule has 188 valence electrons. The van der Waals surface area contributed by atoms with Gasteiger partial charge in [0.2, 0.25) is 0 Å². The topological polar surface area (TPSA) is 92.3 Å². The number of carbonyl (C=O) groups excluding carboxylic acids is 1. The van der Waals surface area contributed by atoms with Crippen molar-refractivity contribution >= 4 is 29.1 Å². The number of hydrogen-bond donors (Lipinski definition) is 0. The number of hydrogen-bond acceptors (Lipinski definition) is 8. The molecular weight excluding hydrogens is 492 g/mol. The van der Waals surface area contributed by atoms with Crippen molar-refractivity contribution in [1.29, 1.82) is 0 Å². The lowest BCUT2D eigenvalue weighted by molar-refractivity contribution is -0.138. The number of carbonyl (C=O) groups is 1. The van der Waals surface area contributed by atoms with E-state index in [1.165, 1.54) is 30.1 Å². The van der Waals surface area contributed by atoms with Crippen molar-refractivity contribution in [3.63, 3.8) is 0 Å². The summed E-state index contributed by atoms with van der Waals surface area (Å²) in [5.74, 6) is 0.847. The molecule has 0 spiro atoms. The van der Waals surface area contributed by atoms with Gasteiger partial charge in [0.15, 0.2) is 16.3 Å². The highest BCUT2D eigenvalue weighted by molar-refractivity contribution is 7.07. The molecule has 8 nitrogen and oxygen atoms in total. The Bertz CT molecular complexity index is 1650. The molecule has 0 fully saturated rings. The second kappa shape index (κ2) is 10.3. The summed E-state index contributed by atoms with van der Waals surface area (Å²) in [7, 11) is 3.06. The lowest BCUT2D eigenvalue weighted by atomic mass is 9.92. The molecule has 2 aromatic heterocycles. The van der Waals surface area contributed by atoms with Crippen LogP contribution in [0.25, 0.3) is 11.8 Å². The minimum Gasteiger partial charge on any atom is -0.493 e. The second-order valence-electron chi connectivity index (χ2n) is 8.03. The fourth-order valence-electron chi connectivity index (χ4n) is 4.36. The Morgan fingerprint density at radius 3 is 2.57 bits per heavy atom. The maximum Gasteiger partial charge on any atom is 0.338 e. The van der Waals surface area contributed by atoms with E-state index in [-0.39, 0.29) is 17.7 Å². The average Bonchev–Trinajstić information content (AvgIpc) is 3.55. The average molecular weight is 517 g/mol. The van der Waals surface area contributed by atoms with Gasteiger partial charge in [-0.3, -0.25) is 9.36 Å². The zero-order chi connectivity index (χ0) is 25.9. The number of fused-ring (bicyclic) bond motifs is 1. The summed E-state index contributed by atoms with van der Waals surface area (Å²) in [6.07, 6.45) is 3.21. The van der Waals surface area contributed by atoms with Gasteiger partial charge < -0.3 is 18.6 Å². The number of esters is 1. The van der Waals surface area contributed by atoms with Crippen LogP contribution < -0.4 is 24.4 Å². The largest absolute Gasteiger partial charge is 0.493 e. The Morgan fingerprint density at radius 1 is 1.08 bits per heavy atom. The van der Waals surface area contributed by atoms with Crippen LogP contribution >= 0.6 is 11.3 Å². The van der Waals surface area contributed by atoms with Gasteiger partial charge in [-0.1, -0.05) is 53.8 Å². The maximum absolute atomic E-state index is 13.8. The third-order valence-electron chi connectivity index (χ3n) is 5.92. The Morgan fingerprint density at radius 2 is 1.89 bits per heavy atom. The maximum atomic E-state index is 13.8. The number of ether oxygens (including phenoxy) is 3. The van der Waals surface area contributed by atoms with E-state index >= 15 is 0 Å². The second-order valence-corrected chi connectivity index (χ2v) is 9.04. The smallest absolute Gasteiger partial charge is 0.338 e. The molecule has 37 heavy (non-hydrogen) atoms. The third kappa shape index (κ3) is 4.38. The molecule has 4 aromatic rings. The molecule has 1 unspecified atom stereocenters. The van der Waals surface area contributed by atoms with Crippen LogP contribution in [0.3, 0.4) is 0 Å². The standard InChI is InChI=1S/C28H24N2O6S/c1-4-35-27(32)22-23(17-10-6-5-7-11-17)29-28-30(26(31)21(37-28)16-18-12-9-15-36-18)24(22)19-13-8-14-20(33-2)25(19)34-3/h5-16,24H,4H2,1-3H3/b21-16+. The number of methoxy groups -OCH3 is 2. The van der Waals surface area contributed by atoms with Gasteiger partial charge >= 0.3 is 5.97 Å². The summed E-state index contributed by atoms with van der Waals surface area (Å²) in [5.41, 5.74) is 1.64. The fraction of sp³-hybridized carbons (Fsp3) is 0.179. The highest BCUT2D eigenvalue weighted by Crippen LogP contribution is 2.42. The highest BCUT2D eigenvalue weighted by atomic mass is 32.1. The van der Waals surface area contributed by atoms with Crippen LogP contribution in [0.4, 0.5) is 0 Å². The van der Waals surface area contributed by atoms with Gasteiger partial charge in [-0.05, 0) is 25.1 Å². The molecule has 5 rings (SSSR count). The van der Waals surface area contributed by atoms with Crippen molar-refractivity contribution in [2.75, 3.05) is 20.8 Å². The molecule has 0 N–H and O–H groups in total. The summed E-state index contributed by atoms with van der Waals surface area (Å²) < 4.78 is 24.1. The van der Waals surface area contributed by atoms with Crippen LogP contribution in [-0.2, 0) is 9.53 Å². The van der Waals surface area contributed by atoms with E-state index in [1.54, 1.807) is 43.5 Å². The van der Waals surface area contributed by atoms with Crippen LogP contribution in [0, 0.1) is 0 Å². The van der Waals surface area contributed by atoms with Crippen LogP contribution in [0.5, 0.6) is 11.5 Å². The number of aromatic nitrogens is 1. The Kier molecular flexibility index (Phi) is 6.78. The van der Waals surface area contributed by atoms with Crippen LogP contribution in [0.15, 0.2) is 86.7 Å². The third-order valence-corrected chi connectivity index (χ3v) is 6.90. The molecule has 0 amide bonds. The zero-order valence-electron chi connectivity index (χ0n) is 20.5. The number of rotatable bonds is 7. The summed E-state index contributed by atoms with van der Waals surface area (Å²) in [6.45, 7) is 1.90. The molecule has 1 atom stereocenters.